The van der Waals surface area contributed by atoms with E-state index in [-0.39, 0.29) is 23.3 Å². The minimum atomic E-state index is -0.359. The van der Waals surface area contributed by atoms with Crippen LogP contribution in [0.1, 0.15) is 42.3 Å². The highest BCUT2D eigenvalue weighted by Crippen LogP contribution is 2.19. The smallest absolute Gasteiger partial charge is 0.261 e. The third-order valence-corrected chi connectivity index (χ3v) is 4.47. The van der Waals surface area contributed by atoms with Gasteiger partial charge in [-0.2, -0.15) is 5.26 Å². The lowest BCUT2D eigenvalue weighted by molar-refractivity contribution is 0.0231. The summed E-state index contributed by atoms with van der Waals surface area (Å²) in [6.07, 6.45) is 3.15. The predicted octanol–water partition coefficient (Wildman–Crippen LogP) is 2.21. The number of anilines is 1. The molecule has 2 heterocycles. The number of hydrogen-bond acceptors (Lipinski definition) is 6. The molecule has 0 amide bonds. The van der Waals surface area contributed by atoms with E-state index < -0.39 is 0 Å². The first-order valence-corrected chi connectivity index (χ1v) is 8.60. The Balaban J connectivity index is 1.90. The van der Waals surface area contributed by atoms with E-state index in [0.29, 0.717) is 30.2 Å². The van der Waals surface area contributed by atoms with E-state index >= 15 is 0 Å². The van der Waals surface area contributed by atoms with Crippen molar-refractivity contribution in [3.63, 3.8) is 0 Å². The van der Waals surface area contributed by atoms with Gasteiger partial charge in [0.2, 0.25) is 0 Å². The zero-order valence-corrected chi connectivity index (χ0v) is 14.6. The van der Waals surface area contributed by atoms with Gasteiger partial charge in [-0.3, -0.25) is 4.79 Å². The fourth-order valence-corrected chi connectivity index (χ4v) is 3.14. The van der Waals surface area contributed by atoms with Crippen LogP contribution in [-0.2, 0) is 11.2 Å². The van der Waals surface area contributed by atoms with Crippen LogP contribution in [0.2, 0.25) is 0 Å². The molecule has 0 aliphatic carbocycles. The number of rotatable bonds is 5. The number of hydrogen-bond donors (Lipinski definition) is 3. The lowest BCUT2D eigenvalue weighted by atomic mass is 10.0. The number of aromatic amines is 1. The maximum absolute atomic E-state index is 12.4. The van der Waals surface area contributed by atoms with Crippen molar-refractivity contribution in [3.05, 3.63) is 57.1 Å². The van der Waals surface area contributed by atoms with Gasteiger partial charge in [0.1, 0.15) is 11.6 Å². The molecule has 1 saturated heterocycles. The van der Waals surface area contributed by atoms with Crippen LogP contribution in [0.4, 0.5) is 5.82 Å². The second-order valence-corrected chi connectivity index (χ2v) is 6.41. The van der Waals surface area contributed by atoms with Crippen molar-refractivity contribution in [3.8, 4) is 6.07 Å². The van der Waals surface area contributed by atoms with Crippen molar-refractivity contribution in [1.82, 2.24) is 9.97 Å². The average Bonchev–Trinajstić information content (AvgIpc) is 2.62. The summed E-state index contributed by atoms with van der Waals surface area (Å²) in [5, 5.41) is 20.1. The van der Waals surface area contributed by atoms with Crippen molar-refractivity contribution in [2.24, 2.45) is 0 Å². The van der Waals surface area contributed by atoms with Crippen LogP contribution in [0, 0.1) is 16.7 Å². The van der Waals surface area contributed by atoms with Gasteiger partial charge in [-0.1, -0.05) is 18.2 Å². The lowest BCUT2D eigenvalue weighted by Crippen LogP contribution is -2.34. The summed E-state index contributed by atoms with van der Waals surface area (Å²) in [7, 11) is 0. The van der Waals surface area contributed by atoms with Crippen LogP contribution in [-0.4, -0.2) is 34.9 Å². The minimum Gasteiger partial charge on any atom is -0.378 e. The van der Waals surface area contributed by atoms with E-state index in [1.807, 2.05) is 19.1 Å². The molecule has 3 N–H and O–H groups in total. The number of aromatic nitrogens is 2. The molecular formula is C19H21N5O2. The molecule has 7 heteroatoms. The summed E-state index contributed by atoms with van der Waals surface area (Å²) in [5.74, 6) is 0.873. The summed E-state index contributed by atoms with van der Waals surface area (Å²) in [6.45, 7) is 2.67. The first-order valence-electron chi connectivity index (χ1n) is 8.60. The molecule has 0 unspecified atom stereocenters. The second-order valence-electron chi connectivity index (χ2n) is 6.41. The van der Waals surface area contributed by atoms with Gasteiger partial charge in [-0.25, -0.2) is 4.98 Å². The molecule has 1 fully saturated rings. The van der Waals surface area contributed by atoms with Crippen molar-refractivity contribution in [2.45, 2.75) is 38.3 Å². The fourth-order valence-electron chi connectivity index (χ4n) is 3.14. The topological polar surface area (TPSA) is 115 Å². The maximum Gasteiger partial charge on any atom is 0.261 e. The molecule has 2 aromatic rings. The predicted molar refractivity (Wildman–Crippen MR) is 98.8 cm³/mol. The van der Waals surface area contributed by atoms with Gasteiger partial charge in [0, 0.05) is 25.3 Å². The van der Waals surface area contributed by atoms with Gasteiger partial charge in [0.25, 0.3) is 5.56 Å². The van der Waals surface area contributed by atoms with E-state index in [9.17, 15) is 10.1 Å². The second kappa shape index (κ2) is 7.93. The van der Waals surface area contributed by atoms with E-state index in [4.69, 9.17) is 10.1 Å². The number of nitriles is 1. The van der Waals surface area contributed by atoms with E-state index in [1.165, 1.54) is 0 Å². The minimum absolute atomic E-state index is 0.144. The Morgan fingerprint density at radius 3 is 3.04 bits per heavy atom. The molecule has 0 saturated carbocycles. The Hall–Kier alpha value is -2.98. The largest absolute Gasteiger partial charge is 0.378 e. The zero-order valence-electron chi connectivity index (χ0n) is 14.6. The zero-order chi connectivity index (χ0) is 18.5. The highest BCUT2D eigenvalue weighted by molar-refractivity contribution is 5.83. The fraction of sp³-hybridized carbons (Fsp3) is 0.368. The number of ether oxygens (including phenoxy) is 1. The molecule has 1 aromatic heterocycles. The Bertz CT molecular complexity index is 900. The van der Waals surface area contributed by atoms with Crippen LogP contribution in [0.5, 0.6) is 0 Å². The van der Waals surface area contributed by atoms with Crippen LogP contribution >= 0.6 is 0 Å². The molecular weight excluding hydrogens is 330 g/mol. The number of nitrogens with one attached hydrogen (secondary N) is 3. The first kappa shape index (κ1) is 17.8. The maximum atomic E-state index is 12.4. The lowest BCUT2D eigenvalue weighted by Gasteiger charge is -2.28. The van der Waals surface area contributed by atoms with Gasteiger partial charge in [-0.05, 0) is 31.4 Å². The Labute approximate surface area is 151 Å². The van der Waals surface area contributed by atoms with Crippen LogP contribution in [0.3, 0.4) is 0 Å². The number of nitrogens with zero attached hydrogens (tertiary/aromatic N) is 2. The average molecular weight is 351 g/mol. The summed E-state index contributed by atoms with van der Waals surface area (Å²) in [5.41, 5.74) is 1.20. The Kier molecular flexibility index (Phi) is 5.44. The highest BCUT2D eigenvalue weighted by Gasteiger charge is 2.21. The molecule has 7 nitrogen and oxygen atoms in total. The normalized spacial score (nSPS) is 19.5. The molecule has 2 atom stereocenters. The Morgan fingerprint density at radius 1 is 1.50 bits per heavy atom. The molecule has 1 aromatic carbocycles. The highest BCUT2D eigenvalue weighted by atomic mass is 16.5. The van der Waals surface area contributed by atoms with Crippen molar-refractivity contribution >= 4 is 12.0 Å². The van der Waals surface area contributed by atoms with Gasteiger partial charge >= 0.3 is 0 Å². The number of H-pyrrole nitrogens is 1. The van der Waals surface area contributed by atoms with Crippen molar-refractivity contribution < 1.29 is 4.74 Å². The Morgan fingerprint density at radius 2 is 2.31 bits per heavy atom. The summed E-state index contributed by atoms with van der Waals surface area (Å²) < 4.78 is 5.55. The molecule has 134 valence electrons. The van der Waals surface area contributed by atoms with Crippen LogP contribution in [0.25, 0.3) is 0 Å². The third kappa shape index (κ3) is 3.98. The molecule has 26 heavy (non-hydrogen) atoms. The molecule has 0 radical (unpaired) electrons. The molecule has 0 spiro atoms. The first-order chi connectivity index (χ1) is 12.6. The summed E-state index contributed by atoms with van der Waals surface area (Å²) in [6, 6.07) is 9.53. The molecule has 0 bridgehead atoms. The van der Waals surface area contributed by atoms with Crippen LogP contribution in [0.15, 0.2) is 29.1 Å². The molecule has 1 aliphatic rings. The molecule has 1 aliphatic heterocycles. The quantitative estimate of drug-likeness (QED) is 0.715. The van der Waals surface area contributed by atoms with Gasteiger partial charge < -0.3 is 20.4 Å². The molecule has 3 rings (SSSR count). The third-order valence-electron chi connectivity index (χ3n) is 4.47. The summed E-state index contributed by atoms with van der Waals surface area (Å²) in [4.78, 5) is 19.6. The van der Waals surface area contributed by atoms with E-state index in [2.05, 4.69) is 21.4 Å². The van der Waals surface area contributed by atoms with E-state index in [0.717, 1.165) is 24.6 Å². The summed E-state index contributed by atoms with van der Waals surface area (Å²) >= 11 is 0. The standard InChI is InChI=1S/C19H21N5O2/c1-12-8-15(6-7-26-12)22-18-16(11-21)19(25)24-17(23-18)9-13-4-2-3-5-14(13)10-20/h2-5,11-12,15,21H,6-9H2,1H3,(H2,22,23,24,25)/t12-,15-/m1/s1. The van der Waals surface area contributed by atoms with Crippen molar-refractivity contribution in [1.29, 1.82) is 10.7 Å². The monoisotopic (exact) mass is 351 g/mol. The van der Waals surface area contributed by atoms with Crippen molar-refractivity contribution in [2.75, 3.05) is 11.9 Å². The van der Waals surface area contributed by atoms with Crippen LogP contribution < -0.4 is 10.9 Å². The number of benzene rings is 1. The van der Waals surface area contributed by atoms with Gasteiger partial charge in [0.05, 0.1) is 23.3 Å². The van der Waals surface area contributed by atoms with Gasteiger partial charge in [-0.15, -0.1) is 0 Å². The van der Waals surface area contributed by atoms with E-state index in [1.54, 1.807) is 12.1 Å². The van der Waals surface area contributed by atoms with Gasteiger partial charge in [0.15, 0.2) is 0 Å². The SMILES string of the molecule is C[C@@H]1C[C@H](Nc2nc(Cc3ccccc3C#N)[nH]c(=O)c2C=N)CCO1.